The van der Waals surface area contributed by atoms with Gasteiger partial charge in [0.2, 0.25) is 0 Å². The predicted molar refractivity (Wildman–Crippen MR) is 91.6 cm³/mol. The third kappa shape index (κ3) is 4.44. The van der Waals surface area contributed by atoms with E-state index in [4.69, 9.17) is 0 Å². The van der Waals surface area contributed by atoms with Crippen molar-refractivity contribution in [2.45, 2.75) is 52.6 Å². The normalized spacial score (nSPS) is 12.6. The maximum atomic E-state index is 3.60. The van der Waals surface area contributed by atoms with E-state index in [2.05, 4.69) is 81.5 Å². The zero-order valence-corrected chi connectivity index (χ0v) is 13.7. The highest BCUT2D eigenvalue weighted by Crippen LogP contribution is 2.19. The largest absolute Gasteiger partial charge is 0.306 e. The topological polar surface area (TPSA) is 12.0 Å². The van der Waals surface area contributed by atoms with Crippen molar-refractivity contribution in [3.05, 3.63) is 70.8 Å². The van der Waals surface area contributed by atoms with Crippen molar-refractivity contribution >= 4 is 0 Å². The maximum Gasteiger partial charge on any atom is 0.0294 e. The number of hydrogen-bond donors (Lipinski definition) is 1. The molecule has 1 heteroatoms. The summed E-state index contributed by atoms with van der Waals surface area (Å²) in [4.78, 5) is 0. The Hall–Kier alpha value is -1.60. The lowest BCUT2D eigenvalue weighted by atomic mass is 9.99. The number of benzene rings is 2. The van der Waals surface area contributed by atoms with Gasteiger partial charge in [0.1, 0.15) is 0 Å². The third-order valence-electron chi connectivity index (χ3n) is 4.15. The summed E-state index contributed by atoms with van der Waals surface area (Å²) in [5.74, 6) is 0.597. The van der Waals surface area contributed by atoms with Crippen LogP contribution in [-0.2, 0) is 13.0 Å². The van der Waals surface area contributed by atoms with E-state index in [1.165, 1.54) is 22.3 Å². The van der Waals surface area contributed by atoms with Crippen LogP contribution >= 0.6 is 0 Å². The molecule has 1 atom stereocenters. The van der Waals surface area contributed by atoms with Gasteiger partial charge in [-0.2, -0.15) is 0 Å². The molecule has 0 heterocycles. The molecule has 1 unspecified atom stereocenters. The van der Waals surface area contributed by atoms with Crippen molar-refractivity contribution in [3.8, 4) is 0 Å². The molecule has 0 bridgehead atoms. The smallest absolute Gasteiger partial charge is 0.0294 e. The third-order valence-corrected chi connectivity index (χ3v) is 4.15. The minimum atomic E-state index is 0.372. The fourth-order valence-electron chi connectivity index (χ4n) is 2.45. The van der Waals surface area contributed by atoms with E-state index in [1.54, 1.807) is 0 Å². The van der Waals surface area contributed by atoms with Gasteiger partial charge >= 0.3 is 0 Å². The van der Waals surface area contributed by atoms with E-state index in [9.17, 15) is 0 Å². The second kappa shape index (κ2) is 7.42. The lowest BCUT2D eigenvalue weighted by molar-refractivity contribution is 0.574. The van der Waals surface area contributed by atoms with Gasteiger partial charge in [0.15, 0.2) is 0 Å². The summed E-state index contributed by atoms with van der Waals surface area (Å²) in [5.41, 5.74) is 5.50. The minimum Gasteiger partial charge on any atom is -0.306 e. The fourth-order valence-corrected chi connectivity index (χ4v) is 2.45. The average molecular weight is 281 g/mol. The van der Waals surface area contributed by atoms with Crippen LogP contribution in [0.4, 0.5) is 0 Å². The number of hydrogen-bond acceptors (Lipinski definition) is 1. The molecule has 0 radical (unpaired) electrons. The Labute approximate surface area is 129 Å². The summed E-state index contributed by atoms with van der Waals surface area (Å²) in [7, 11) is 0. The van der Waals surface area contributed by atoms with Crippen molar-refractivity contribution in [2.75, 3.05) is 0 Å². The summed E-state index contributed by atoms with van der Waals surface area (Å²) in [6.45, 7) is 9.80. The Balaban J connectivity index is 1.92. The van der Waals surface area contributed by atoms with Gasteiger partial charge in [-0.05, 0) is 41.5 Å². The Morgan fingerprint density at radius 2 is 1.29 bits per heavy atom. The van der Waals surface area contributed by atoms with Gasteiger partial charge in [-0.15, -0.1) is 0 Å². The van der Waals surface area contributed by atoms with Crippen molar-refractivity contribution in [1.82, 2.24) is 5.32 Å². The van der Waals surface area contributed by atoms with E-state index < -0.39 is 0 Å². The van der Waals surface area contributed by atoms with Crippen molar-refractivity contribution < 1.29 is 0 Å². The monoisotopic (exact) mass is 281 g/mol. The molecule has 0 aliphatic heterocycles. The molecule has 0 saturated heterocycles. The number of aryl methyl sites for hydroxylation is 1. The molecule has 1 N–H and O–H groups in total. The van der Waals surface area contributed by atoms with Gasteiger partial charge in [0, 0.05) is 12.6 Å². The Morgan fingerprint density at radius 3 is 1.81 bits per heavy atom. The van der Waals surface area contributed by atoms with Crippen LogP contribution < -0.4 is 5.32 Å². The average Bonchev–Trinajstić information content (AvgIpc) is 2.53. The molecular weight excluding hydrogens is 254 g/mol. The summed E-state index contributed by atoms with van der Waals surface area (Å²) >= 11 is 0. The molecular formula is C20H27N. The number of nitrogens with one attached hydrogen (secondary N) is 1. The molecule has 0 aliphatic rings. The van der Waals surface area contributed by atoms with Crippen LogP contribution in [0.1, 0.15) is 61.9 Å². The zero-order valence-electron chi connectivity index (χ0n) is 13.7. The molecule has 21 heavy (non-hydrogen) atoms. The lowest BCUT2D eigenvalue weighted by Gasteiger charge is -2.16. The van der Waals surface area contributed by atoms with E-state index in [1.807, 2.05) is 0 Å². The molecule has 2 aromatic rings. The van der Waals surface area contributed by atoms with Gasteiger partial charge < -0.3 is 5.32 Å². The summed E-state index contributed by atoms with van der Waals surface area (Å²) in [6, 6.07) is 18.2. The molecule has 1 nitrogen and oxygen atoms in total. The van der Waals surface area contributed by atoms with Crippen LogP contribution in [0.5, 0.6) is 0 Å². The van der Waals surface area contributed by atoms with E-state index in [-0.39, 0.29) is 0 Å². The van der Waals surface area contributed by atoms with E-state index in [0.717, 1.165) is 13.0 Å². The lowest BCUT2D eigenvalue weighted by Crippen LogP contribution is -2.18. The first-order chi connectivity index (χ1) is 10.1. The Kier molecular flexibility index (Phi) is 5.58. The fraction of sp³-hybridized carbons (Fsp3) is 0.400. The highest BCUT2D eigenvalue weighted by atomic mass is 14.9. The predicted octanol–water partition coefficient (Wildman–Crippen LogP) is 5.22. The SMILES string of the molecule is CCc1ccc(CNC(C)c2ccc(C(C)C)cc2)cc1. The molecule has 2 rings (SSSR count). The molecule has 0 fully saturated rings. The Morgan fingerprint density at radius 1 is 0.762 bits per heavy atom. The molecule has 0 aromatic heterocycles. The van der Waals surface area contributed by atoms with Crippen LogP contribution in [0.25, 0.3) is 0 Å². The molecule has 2 aromatic carbocycles. The minimum absolute atomic E-state index is 0.372. The first kappa shape index (κ1) is 15.8. The molecule has 0 spiro atoms. The van der Waals surface area contributed by atoms with Gasteiger partial charge in [0.25, 0.3) is 0 Å². The second-order valence-corrected chi connectivity index (χ2v) is 6.09. The van der Waals surface area contributed by atoms with Crippen LogP contribution in [0.3, 0.4) is 0 Å². The number of rotatable bonds is 6. The first-order valence-electron chi connectivity index (χ1n) is 8.01. The maximum absolute atomic E-state index is 3.60. The summed E-state index contributed by atoms with van der Waals surface area (Å²) in [5, 5.41) is 3.60. The highest BCUT2D eigenvalue weighted by Gasteiger charge is 2.06. The molecule has 0 aliphatic carbocycles. The molecule has 0 amide bonds. The zero-order chi connectivity index (χ0) is 15.2. The van der Waals surface area contributed by atoms with Crippen molar-refractivity contribution in [3.63, 3.8) is 0 Å². The van der Waals surface area contributed by atoms with E-state index in [0.29, 0.717) is 12.0 Å². The van der Waals surface area contributed by atoms with Crippen LogP contribution in [-0.4, -0.2) is 0 Å². The molecule has 0 saturated carbocycles. The van der Waals surface area contributed by atoms with Gasteiger partial charge in [-0.1, -0.05) is 69.3 Å². The molecule has 112 valence electrons. The first-order valence-corrected chi connectivity index (χ1v) is 8.01. The van der Waals surface area contributed by atoms with Crippen molar-refractivity contribution in [1.29, 1.82) is 0 Å². The van der Waals surface area contributed by atoms with Crippen LogP contribution in [0.15, 0.2) is 48.5 Å². The quantitative estimate of drug-likeness (QED) is 0.765. The van der Waals surface area contributed by atoms with Crippen LogP contribution in [0, 0.1) is 0 Å². The van der Waals surface area contributed by atoms with Crippen molar-refractivity contribution in [2.24, 2.45) is 0 Å². The van der Waals surface area contributed by atoms with Gasteiger partial charge in [-0.3, -0.25) is 0 Å². The summed E-state index contributed by atoms with van der Waals surface area (Å²) < 4.78 is 0. The Bertz CT molecular complexity index is 537. The van der Waals surface area contributed by atoms with Crippen LogP contribution in [0.2, 0.25) is 0 Å². The van der Waals surface area contributed by atoms with Gasteiger partial charge in [0.05, 0.1) is 0 Å². The summed E-state index contributed by atoms with van der Waals surface area (Å²) in [6.07, 6.45) is 1.10. The standard InChI is InChI=1S/C20H27N/c1-5-17-6-8-18(9-7-17)14-21-16(4)20-12-10-19(11-13-20)15(2)3/h6-13,15-16,21H,5,14H2,1-4H3. The highest BCUT2D eigenvalue weighted by molar-refractivity contribution is 5.27. The van der Waals surface area contributed by atoms with E-state index >= 15 is 0 Å². The van der Waals surface area contributed by atoms with Gasteiger partial charge in [-0.25, -0.2) is 0 Å². The second-order valence-electron chi connectivity index (χ2n) is 6.09.